The van der Waals surface area contributed by atoms with Crippen LogP contribution in [0.2, 0.25) is 0 Å². The fourth-order valence-electron chi connectivity index (χ4n) is 2.16. The summed E-state index contributed by atoms with van der Waals surface area (Å²) in [7, 11) is 0. The zero-order chi connectivity index (χ0) is 14.4. The van der Waals surface area contributed by atoms with Crippen LogP contribution >= 0.6 is 0 Å². The van der Waals surface area contributed by atoms with Crippen molar-refractivity contribution in [3.63, 3.8) is 0 Å². The molecule has 1 saturated heterocycles. The summed E-state index contributed by atoms with van der Waals surface area (Å²) in [5.41, 5.74) is 0. The Kier molecular flexibility index (Phi) is 6.08. The molecule has 6 heteroatoms. The van der Waals surface area contributed by atoms with E-state index in [4.69, 9.17) is 5.11 Å². The van der Waals surface area contributed by atoms with E-state index in [1.54, 1.807) is 4.90 Å². The van der Waals surface area contributed by atoms with Crippen molar-refractivity contribution in [2.24, 2.45) is 5.92 Å². The SMILES string of the molecule is CCN1CCN(C(=O)NC(CC(=O)O)C(C)C)CC1. The van der Waals surface area contributed by atoms with Crippen LogP contribution in [0, 0.1) is 5.92 Å². The second-order valence-corrected chi connectivity index (χ2v) is 5.32. The van der Waals surface area contributed by atoms with Crippen molar-refractivity contribution in [2.75, 3.05) is 32.7 Å². The third-order valence-corrected chi connectivity index (χ3v) is 3.61. The minimum atomic E-state index is -0.880. The molecule has 0 aromatic rings. The molecule has 0 radical (unpaired) electrons. The summed E-state index contributed by atoms with van der Waals surface area (Å²) < 4.78 is 0. The van der Waals surface area contributed by atoms with Crippen molar-refractivity contribution in [1.82, 2.24) is 15.1 Å². The maximum atomic E-state index is 12.1. The van der Waals surface area contributed by atoms with Gasteiger partial charge in [-0.1, -0.05) is 20.8 Å². The Morgan fingerprint density at radius 2 is 1.79 bits per heavy atom. The van der Waals surface area contributed by atoms with Crippen LogP contribution in [-0.4, -0.2) is 65.7 Å². The number of hydrogen-bond donors (Lipinski definition) is 2. The Morgan fingerprint density at radius 1 is 1.21 bits per heavy atom. The summed E-state index contributed by atoms with van der Waals surface area (Å²) in [6, 6.07) is -0.454. The molecule has 0 bridgehead atoms. The zero-order valence-electron chi connectivity index (χ0n) is 12.1. The number of carbonyl (C=O) groups is 2. The number of amides is 2. The van der Waals surface area contributed by atoms with Gasteiger partial charge in [0.25, 0.3) is 0 Å². The van der Waals surface area contributed by atoms with Gasteiger partial charge in [0.1, 0.15) is 0 Å². The van der Waals surface area contributed by atoms with Gasteiger partial charge in [0.2, 0.25) is 0 Å². The monoisotopic (exact) mass is 271 g/mol. The number of hydrogen-bond acceptors (Lipinski definition) is 3. The largest absolute Gasteiger partial charge is 0.481 e. The quantitative estimate of drug-likeness (QED) is 0.777. The molecule has 6 nitrogen and oxygen atoms in total. The number of carbonyl (C=O) groups excluding carboxylic acids is 1. The van der Waals surface area contributed by atoms with E-state index in [1.807, 2.05) is 13.8 Å². The Hall–Kier alpha value is -1.30. The van der Waals surface area contributed by atoms with E-state index in [2.05, 4.69) is 17.1 Å². The van der Waals surface area contributed by atoms with Gasteiger partial charge < -0.3 is 20.2 Å². The van der Waals surface area contributed by atoms with Crippen LogP contribution in [0.25, 0.3) is 0 Å². The van der Waals surface area contributed by atoms with Gasteiger partial charge in [0.15, 0.2) is 0 Å². The van der Waals surface area contributed by atoms with Crippen molar-refractivity contribution in [3.05, 3.63) is 0 Å². The van der Waals surface area contributed by atoms with Gasteiger partial charge in [-0.05, 0) is 12.5 Å². The van der Waals surface area contributed by atoms with Gasteiger partial charge in [-0.3, -0.25) is 4.79 Å². The molecule has 1 fully saturated rings. The summed E-state index contributed by atoms with van der Waals surface area (Å²) in [5, 5.41) is 11.7. The van der Waals surface area contributed by atoms with E-state index in [0.717, 1.165) is 19.6 Å². The molecule has 0 spiro atoms. The molecular formula is C13H25N3O3. The van der Waals surface area contributed by atoms with Crippen molar-refractivity contribution < 1.29 is 14.7 Å². The van der Waals surface area contributed by atoms with Crippen LogP contribution < -0.4 is 5.32 Å². The molecular weight excluding hydrogens is 246 g/mol. The summed E-state index contributed by atoms with van der Waals surface area (Å²) in [5.74, 6) is -0.771. The normalized spacial score (nSPS) is 18.4. The second kappa shape index (κ2) is 7.33. The first kappa shape index (κ1) is 15.8. The van der Waals surface area contributed by atoms with Gasteiger partial charge >= 0.3 is 12.0 Å². The predicted molar refractivity (Wildman–Crippen MR) is 73.1 cm³/mol. The van der Waals surface area contributed by atoms with Crippen LogP contribution in [0.1, 0.15) is 27.2 Å². The first-order valence-electron chi connectivity index (χ1n) is 6.93. The van der Waals surface area contributed by atoms with Crippen LogP contribution in [-0.2, 0) is 4.79 Å². The smallest absolute Gasteiger partial charge is 0.317 e. The molecule has 1 aliphatic rings. The number of carboxylic acid groups (broad SMARTS) is 1. The lowest BCUT2D eigenvalue weighted by Crippen LogP contribution is -2.54. The molecule has 1 aliphatic heterocycles. The van der Waals surface area contributed by atoms with E-state index in [9.17, 15) is 9.59 Å². The molecule has 2 amide bonds. The van der Waals surface area contributed by atoms with Gasteiger partial charge in [-0.25, -0.2) is 4.79 Å². The standard InChI is InChI=1S/C13H25N3O3/c1-4-15-5-7-16(8-6-15)13(19)14-11(10(2)3)9-12(17)18/h10-11H,4-9H2,1-3H3,(H,14,19)(H,17,18). The summed E-state index contributed by atoms with van der Waals surface area (Å²) in [4.78, 5) is 26.9. The van der Waals surface area contributed by atoms with Crippen LogP contribution in [0.4, 0.5) is 4.79 Å². The maximum Gasteiger partial charge on any atom is 0.317 e. The number of rotatable bonds is 5. The molecule has 1 atom stereocenters. The van der Waals surface area contributed by atoms with Crippen molar-refractivity contribution in [1.29, 1.82) is 0 Å². The van der Waals surface area contributed by atoms with E-state index < -0.39 is 5.97 Å². The lowest BCUT2D eigenvalue weighted by Gasteiger charge is -2.35. The topological polar surface area (TPSA) is 72.9 Å². The summed E-state index contributed by atoms with van der Waals surface area (Å²) >= 11 is 0. The molecule has 110 valence electrons. The maximum absolute atomic E-state index is 12.1. The molecule has 2 N–H and O–H groups in total. The Morgan fingerprint density at radius 3 is 2.21 bits per heavy atom. The third kappa shape index (κ3) is 5.06. The van der Waals surface area contributed by atoms with E-state index in [-0.39, 0.29) is 24.4 Å². The predicted octanol–water partition coefficient (Wildman–Crippen LogP) is 0.833. The summed E-state index contributed by atoms with van der Waals surface area (Å²) in [6.07, 6.45) is -0.0294. The fourth-order valence-corrected chi connectivity index (χ4v) is 2.16. The number of likely N-dealkylation sites (N-methyl/N-ethyl adjacent to an activating group) is 1. The Balaban J connectivity index is 2.46. The number of carboxylic acids is 1. The lowest BCUT2D eigenvalue weighted by atomic mass is 10.0. The highest BCUT2D eigenvalue weighted by Crippen LogP contribution is 2.08. The van der Waals surface area contributed by atoms with E-state index in [0.29, 0.717) is 13.1 Å². The Bertz CT molecular complexity index is 312. The van der Waals surface area contributed by atoms with Gasteiger partial charge in [-0.15, -0.1) is 0 Å². The first-order valence-corrected chi connectivity index (χ1v) is 6.93. The van der Waals surface area contributed by atoms with Crippen LogP contribution in [0.3, 0.4) is 0 Å². The molecule has 1 rings (SSSR count). The highest BCUT2D eigenvalue weighted by molar-refractivity contribution is 5.76. The summed E-state index contributed by atoms with van der Waals surface area (Å²) in [6.45, 7) is 10.1. The fraction of sp³-hybridized carbons (Fsp3) is 0.846. The van der Waals surface area contributed by atoms with Crippen LogP contribution in [0.5, 0.6) is 0 Å². The molecule has 0 aromatic heterocycles. The molecule has 1 unspecified atom stereocenters. The first-order chi connectivity index (χ1) is 8.93. The molecule has 0 saturated carbocycles. The molecule has 0 aliphatic carbocycles. The van der Waals surface area contributed by atoms with Crippen molar-refractivity contribution >= 4 is 12.0 Å². The van der Waals surface area contributed by atoms with E-state index in [1.165, 1.54) is 0 Å². The van der Waals surface area contributed by atoms with E-state index >= 15 is 0 Å². The second-order valence-electron chi connectivity index (χ2n) is 5.32. The number of aliphatic carboxylic acids is 1. The van der Waals surface area contributed by atoms with Crippen molar-refractivity contribution in [3.8, 4) is 0 Å². The molecule has 19 heavy (non-hydrogen) atoms. The minimum Gasteiger partial charge on any atom is -0.481 e. The zero-order valence-corrected chi connectivity index (χ0v) is 12.1. The number of nitrogens with one attached hydrogen (secondary N) is 1. The lowest BCUT2D eigenvalue weighted by molar-refractivity contribution is -0.137. The average Bonchev–Trinajstić information content (AvgIpc) is 2.37. The van der Waals surface area contributed by atoms with Gasteiger partial charge in [0.05, 0.1) is 6.42 Å². The average molecular weight is 271 g/mol. The molecule has 1 heterocycles. The van der Waals surface area contributed by atoms with Crippen LogP contribution in [0.15, 0.2) is 0 Å². The number of piperazine rings is 1. The van der Waals surface area contributed by atoms with Gasteiger partial charge in [0, 0.05) is 32.2 Å². The molecule has 0 aromatic carbocycles. The van der Waals surface area contributed by atoms with Crippen molar-refractivity contribution in [2.45, 2.75) is 33.2 Å². The van der Waals surface area contributed by atoms with Gasteiger partial charge in [-0.2, -0.15) is 0 Å². The third-order valence-electron chi connectivity index (χ3n) is 3.61. The highest BCUT2D eigenvalue weighted by Gasteiger charge is 2.24. The Labute approximate surface area is 114 Å². The number of nitrogens with zero attached hydrogens (tertiary/aromatic N) is 2. The highest BCUT2D eigenvalue weighted by atomic mass is 16.4. The minimum absolute atomic E-state index is 0.0294. The number of urea groups is 1.